The number of rotatable bonds is 4. The largest absolute Gasteiger partial charge is 0.495 e. The van der Waals surface area contributed by atoms with Crippen LogP contribution in [0.3, 0.4) is 0 Å². The average Bonchev–Trinajstić information content (AvgIpc) is 2.28. The Hall–Kier alpha value is -0.730. The molecule has 2 nitrogen and oxygen atoms in total. The highest BCUT2D eigenvalue weighted by molar-refractivity contribution is 6.32. The molecule has 0 amide bonds. The molecule has 2 atom stereocenters. The summed E-state index contributed by atoms with van der Waals surface area (Å²) in [5.41, 5.74) is 1.05. The number of aliphatic hydroxyl groups is 1. The quantitative estimate of drug-likeness (QED) is 0.876. The standard InChI is InChI=1S/C15H23ClO2/c1-10(15(2,3)4)8-13(17)11-6-7-12(16)14(9-11)18-5/h6-7,9-10,13,17H,8H2,1-5H3. The predicted octanol–water partition coefficient (Wildman–Crippen LogP) is 4.45. The summed E-state index contributed by atoms with van der Waals surface area (Å²) in [7, 11) is 1.58. The van der Waals surface area contributed by atoms with Crippen molar-refractivity contribution in [2.45, 2.75) is 40.2 Å². The van der Waals surface area contributed by atoms with Gasteiger partial charge in [-0.3, -0.25) is 0 Å². The minimum absolute atomic E-state index is 0.192. The van der Waals surface area contributed by atoms with Crippen LogP contribution in [-0.4, -0.2) is 12.2 Å². The lowest BCUT2D eigenvalue weighted by Crippen LogP contribution is -2.19. The molecule has 0 aromatic heterocycles. The molecule has 3 heteroatoms. The zero-order chi connectivity index (χ0) is 13.9. The first kappa shape index (κ1) is 15.3. The molecule has 102 valence electrons. The third kappa shape index (κ3) is 3.89. The second kappa shape index (κ2) is 5.94. The highest BCUT2D eigenvalue weighted by Gasteiger charge is 2.23. The van der Waals surface area contributed by atoms with E-state index in [9.17, 15) is 5.11 Å². The number of aliphatic hydroxyl groups excluding tert-OH is 1. The lowest BCUT2D eigenvalue weighted by molar-refractivity contribution is 0.110. The van der Waals surface area contributed by atoms with E-state index in [0.717, 1.165) is 12.0 Å². The number of halogens is 1. The van der Waals surface area contributed by atoms with Crippen molar-refractivity contribution in [2.24, 2.45) is 11.3 Å². The molecule has 0 spiro atoms. The lowest BCUT2D eigenvalue weighted by atomic mass is 9.78. The zero-order valence-corrected chi connectivity index (χ0v) is 12.6. The van der Waals surface area contributed by atoms with Crippen LogP contribution in [0, 0.1) is 11.3 Å². The van der Waals surface area contributed by atoms with Gasteiger partial charge in [-0.15, -0.1) is 0 Å². The molecule has 2 unspecified atom stereocenters. The van der Waals surface area contributed by atoms with E-state index in [-0.39, 0.29) is 5.41 Å². The van der Waals surface area contributed by atoms with Crippen LogP contribution in [0.2, 0.25) is 5.02 Å². The van der Waals surface area contributed by atoms with Crippen LogP contribution in [-0.2, 0) is 0 Å². The summed E-state index contributed by atoms with van der Waals surface area (Å²) >= 11 is 5.97. The molecule has 0 saturated carbocycles. The summed E-state index contributed by atoms with van der Waals surface area (Å²) in [6.07, 6.45) is 0.249. The molecule has 18 heavy (non-hydrogen) atoms. The third-order valence-corrected chi connectivity index (χ3v) is 3.93. The monoisotopic (exact) mass is 270 g/mol. The number of benzene rings is 1. The summed E-state index contributed by atoms with van der Waals surface area (Å²) in [5, 5.41) is 10.8. The Labute approximate surface area is 115 Å². The van der Waals surface area contributed by atoms with Gasteiger partial charge < -0.3 is 9.84 Å². The van der Waals surface area contributed by atoms with E-state index in [1.165, 1.54) is 0 Å². The minimum Gasteiger partial charge on any atom is -0.495 e. The fourth-order valence-corrected chi connectivity index (χ4v) is 1.90. The Morgan fingerprint density at radius 2 is 1.94 bits per heavy atom. The molecule has 0 bridgehead atoms. The van der Waals surface area contributed by atoms with Crippen LogP contribution >= 0.6 is 11.6 Å². The van der Waals surface area contributed by atoms with Crippen LogP contribution in [0.1, 0.15) is 45.8 Å². The number of hydrogen-bond acceptors (Lipinski definition) is 2. The van der Waals surface area contributed by atoms with Crippen LogP contribution < -0.4 is 4.74 Å². The van der Waals surface area contributed by atoms with Gasteiger partial charge in [-0.05, 0) is 35.4 Å². The van der Waals surface area contributed by atoms with E-state index in [1.807, 2.05) is 12.1 Å². The van der Waals surface area contributed by atoms with Crippen molar-refractivity contribution in [3.05, 3.63) is 28.8 Å². The van der Waals surface area contributed by atoms with Crippen molar-refractivity contribution in [2.75, 3.05) is 7.11 Å². The van der Waals surface area contributed by atoms with E-state index in [4.69, 9.17) is 16.3 Å². The molecular weight excluding hydrogens is 248 g/mol. The van der Waals surface area contributed by atoms with Crippen molar-refractivity contribution in [3.63, 3.8) is 0 Å². The van der Waals surface area contributed by atoms with E-state index in [2.05, 4.69) is 27.7 Å². The molecule has 0 fully saturated rings. The van der Waals surface area contributed by atoms with Crippen LogP contribution in [0.4, 0.5) is 0 Å². The molecule has 0 heterocycles. The van der Waals surface area contributed by atoms with E-state index >= 15 is 0 Å². The summed E-state index contributed by atoms with van der Waals surface area (Å²) in [5.74, 6) is 1.03. The normalized spacial score (nSPS) is 15.3. The van der Waals surface area contributed by atoms with Gasteiger partial charge in [-0.1, -0.05) is 45.4 Å². The Morgan fingerprint density at radius 1 is 1.33 bits per heavy atom. The Morgan fingerprint density at radius 3 is 2.44 bits per heavy atom. The van der Waals surface area contributed by atoms with Crippen LogP contribution in [0.25, 0.3) is 0 Å². The minimum atomic E-state index is -0.481. The van der Waals surface area contributed by atoms with Crippen molar-refractivity contribution in [1.29, 1.82) is 0 Å². The lowest BCUT2D eigenvalue weighted by Gasteiger charge is -2.29. The summed E-state index contributed by atoms with van der Waals surface area (Å²) in [4.78, 5) is 0. The van der Waals surface area contributed by atoms with Gasteiger partial charge in [0.05, 0.1) is 18.2 Å². The zero-order valence-electron chi connectivity index (χ0n) is 11.8. The van der Waals surface area contributed by atoms with E-state index in [0.29, 0.717) is 16.7 Å². The van der Waals surface area contributed by atoms with Gasteiger partial charge in [0.1, 0.15) is 5.75 Å². The Bertz CT molecular complexity index is 396. The van der Waals surface area contributed by atoms with Crippen molar-refractivity contribution in [3.8, 4) is 5.75 Å². The molecule has 0 aliphatic heterocycles. The van der Waals surface area contributed by atoms with Gasteiger partial charge in [-0.2, -0.15) is 0 Å². The fraction of sp³-hybridized carbons (Fsp3) is 0.600. The molecule has 1 rings (SSSR count). The highest BCUT2D eigenvalue weighted by Crippen LogP contribution is 2.35. The topological polar surface area (TPSA) is 29.5 Å². The Balaban J connectivity index is 2.81. The molecule has 0 saturated heterocycles. The second-order valence-electron chi connectivity index (χ2n) is 5.91. The maximum absolute atomic E-state index is 10.3. The molecule has 0 aliphatic carbocycles. The molecule has 1 aromatic rings. The van der Waals surface area contributed by atoms with E-state index < -0.39 is 6.10 Å². The predicted molar refractivity (Wildman–Crippen MR) is 76.2 cm³/mol. The van der Waals surface area contributed by atoms with Gasteiger partial charge in [0.2, 0.25) is 0 Å². The van der Waals surface area contributed by atoms with Gasteiger partial charge >= 0.3 is 0 Å². The summed E-state index contributed by atoms with van der Waals surface area (Å²) < 4.78 is 5.16. The van der Waals surface area contributed by atoms with Gasteiger partial charge in [0, 0.05) is 0 Å². The van der Waals surface area contributed by atoms with Crippen molar-refractivity contribution < 1.29 is 9.84 Å². The average molecular weight is 271 g/mol. The number of methoxy groups -OCH3 is 1. The van der Waals surface area contributed by atoms with Crippen LogP contribution in [0.5, 0.6) is 5.75 Å². The first-order valence-corrected chi connectivity index (χ1v) is 6.65. The van der Waals surface area contributed by atoms with Crippen LogP contribution in [0.15, 0.2) is 18.2 Å². The molecule has 0 radical (unpaired) electrons. The first-order valence-electron chi connectivity index (χ1n) is 6.27. The third-order valence-electron chi connectivity index (χ3n) is 3.62. The molecule has 1 aromatic carbocycles. The maximum atomic E-state index is 10.3. The molecule has 1 N–H and O–H groups in total. The van der Waals surface area contributed by atoms with Gasteiger partial charge in [0.15, 0.2) is 0 Å². The van der Waals surface area contributed by atoms with Crippen molar-refractivity contribution >= 4 is 11.6 Å². The number of ether oxygens (including phenoxy) is 1. The highest BCUT2D eigenvalue weighted by atomic mass is 35.5. The first-order chi connectivity index (χ1) is 8.25. The van der Waals surface area contributed by atoms with Gasteiger partial charge in [0.25, 0.3) is 0 Å². The molecule has 0 aliphatic rings. The number of hydrogen-bond donors (Lipinski definition) is 1. The van der Waals surface area contributed by atoms with Gasteiger partial charge in [-0.25, -0.2) is 0 Å². The maximum Gasteiger partial charge on any atom is 0.137 e. The summed E-state index contributed by atoms with van der Waals surface area (Å²) in [6, 6.07) is 5.42. The second-order valence-corrected chi connectivity index (χ2v) is 6.32. The van der Waals surface area contributed by atoms with E-state index in [1.54, 1.807) is 13.2 Å². The SMILES string of the molecule is COc1cc(C(O)CC(C)C(C)(C)C)ccc1Cl. The van der Waals surface area contributed by atoms with Crippen molar-refractivity contribution in [1.82, 2.24) is 0 Å². The molecular formula is C15H23ClO2. The smallest absolute Gasteiger partial charge is 0.137 e. The Kier molecular flexibility index (Phi) is 5.06. The fourth-order valence-electron chi connectivity index (χ4n) is 1.71. The summed E-state index contributed by atoms with van der Waals surface area (Å²) in [6.45, 7) is 8.73.